The predicted octanol–water partition coefficient (Wildman–Crippen LogP) is 7.89. The van der Waals surface area contributed by atoms with Gasteiger partial charge in [-0.1, -0.05) is 18.2 Å². The summed E-state index contributed by atoms with van der Waals surface area (Å²) >= 11 is 0. The Balaban J connectivity index is 0.00000370. The second-order valence-electron chi connectivity index (χ2n) is 10.3. The summed E-state index contributed by atoms with van der Waals surface area (Å²) in [5, 5.41) is 9.52. The van der Waals surface area contributed by atoms with Crippen LogP contribution in [0.1, 0.15) is 63.0 Å². The Labute approximate surface area is 237 Å². The van der Waals surface area contributed by atoms with Crippen molar-refractivity contribution in [3.63, 3.8) is 0 Å². The maximum atomic E-state index is 15.9. The highest BCUT2D eigenvalue weighted by Crippen LogP contribution is 2.42. The standard InChI is InChI=1S/C32H29F4NO2.ClH/c1-19-12-24(34)7-9-25(19)27-5-2-4-21-14-22(32(38)39)6-8-26(21)31(27)28-16-29(35)23(15-30(28)36)13-20-17-37(18-20)11-3-10-33;/h6-9,12-16H,2-5,10-11,17-18H2,1H3,(H,38,39);1H. The molecule has 0 amide bonds. The number of alkyl halides is 1. The van der Waals surface area contributed by atoms with Crippen molar-refractivity contribution in [3.05, 3.63) is 110 Å². The van der Waals surface area contributed by atoms with Gasteiger partial charge >= 0.3 is 5.97 Å². The van der Waals surface area contributed by atoms with Gasteiger partial charge in [-0.3, -0.25) is 9.29 Å². The number of allylic oxidation sites excluding steroid dienone is 1. The van der Waals surface area contributed by atoms with E-state index in [1.165, 1.54) is 30.3 Å². The lowest BCUT2D eigenvalue weighted by molar-refractivity contribution is 0.0696. The van der Waals surface area contributed by atoms with Crippen molar-refractivity contribution in [2.75, 3.05) is 26.3 Å². The number of aromatic carboxylic acids is 1. The molecule has 40 heavy (non-hydrogen) atoms. The van der Waals surface area contributed by atoms with Crippen LogP contribution in [0.2, 0.25) is 0 Å². The Morgan fingerprint density at radius 1 is 0.950 bits per heavy atom. The van der Waals surface area contributed by atoms with Crippen LogP contribution in [0.5, 0.6) is 0 Å². The number of aryl methyl sites for hydroxylation is 2. The molecule has 1 saturated heterocycles. The van der Waals surface area contributed by atoms with Crippen LogP contribution in [0.3, 0.4) is 0 Å². The van der Waals surface area contributed by atoms with E-state index in [1.807, 2.05) is 4.90 Å². The van der Waals surface area contributed by atoms with Crippen molar-refractivity contribution in [1.82, 2.24) is 4.90 Å². The first-order valence-electron chi connectivity index (χ1n) is 13.1. The van der Waals surface area contributed by atoms with Gasteiger partial charge in [0.05, 0.1) is 12.2 Å². The van der Waals surface area contributed by atoms with Crippen LogP contribution in [0.15, 0.2) is 54.1 Å². The molecule has 1 heterocycles. The average molecular weight is 572 g/mol. The summed E-state index contributed by atoms with van der Waals surface area (Å²) in [6.45, 7) is 3.23. The zero-order valence-electron chi connectivity index (χ0n) is 22.1. The third-order valence-corrected chi connectivity index (χ3v) is 7.49. The zero-order valence-corrected chi connectivity index (χ0v) is 22.9. The first-order valence-corrected chi connectivity index (χ1v) is 13.1. The van der Waals surface area contributed by atoms with E-state index in [-0.39, 0.29) is 41.6 Å². The molecule has 8 heteroatoms. The number of halogens is 5. The minimum atomic E-state index is -1.06. The van der Waals surface area contributed by atoms with E-state index in [0.717, 1.165) is 22.3 Å². The Morgan fingerprint density at radius 3 is 2.40 bits per heavy atom. The van der Waals surface area contributed by atoms with Crippen LogP contribution in [0.25, 0.3) is 17.2 Å². The van der Waals surface area contributed by atoms with Gasteiger partial charge < -0.3 is 5.11 Å². The van der Waals surface area contributed by atoms with Crippen LogP contribution in [-0.4, -0.2) is 42.3 Å². The topological polar surface area (TPSA) is 40.5 Å². The Bertz CT molecular complexity index is 1510. The zero-order chi connectivity index (χ0) is 27.7. The SMILES string of the molecule is Cc1cc(F)ccc1C1=C(c2cc(F)c(C=C3CN(CCCF)C3)cc2F)c2ccc(C(=O)O)cc2CCC1.Cl. The fourth-order valence-corrected chi connectivity index (χ4v) is 5.61. The van der Waals surface area contributed by atoms with Gasteiger partial charge in [0.25, 0.3) is 0 Å². The molecule has 0 aromatic heterocycles. The summed E-state index contributed by atoms with van der Waals surface area (Å²) in [5.41, 5.74) is 5.37. The summed E-state index contributed by atoms with van der Waals surface area (Å²) in [6.07, 6.45) is 3.86. The van der Waals surface area contributed by atoms with E-state index in [1.54, 1.807) is 31.2 Å². The van der Waals surface area contributed by atoms with E-state index < -0.39 is 17.6 Å². The smallest absolute Gasteiger partial charge is 0.335 e. The fourth-order valence-electron chi connectivity index (χ4n) is 5.61. The van der Waals surface area contributed by atoms with Crippen LogP contribution >= 0.6 is 12.4 Å². The van der Waals surface area contributed by atoms with Gasteiger partial charge in [0.15, 0.2) is 0 Å². The molecule has 1 fully saturated rings. The Morgan fingerprint density at radius 2 is 1.70 bits per heavy atom. The molecule has 1 aliphatic heterocycles. The van der Waals surface area contributed by atoms with E-state index in [4.69, 9.17) is 0 Å². The highest BCUT2D eigenvalue weighted by molar-refractivity contribution is 6.01. The Kier molecular flexibility index (Phi) is 9.16. The first-order chi connectivity index (χ1) is 18.7. The molecule has 0 unspecified atom stereocenters. The molecule has 0 bridgehead atoms. The first kappa shape index (κ1) is 29.6. The minimum absolute atomic E-state index is 0. The number of carboxylic acid groups (broad SMARTS) is 1. The van der Waals surface area contributed by atoms with Crippen molar-refractivity contribution in [2.45, 2.75) is 32.6 Å². The highest BCUT2D eigenvalue weighted by Gasteiger charge is 2.26. The maximum Gasteiger partial charge on any atom is 0.335 e. The molecule has 0 atom stereocenters. The molecule has 0 spiro atoms. The predicted molar refractivity (Wildman–Crippen MR) is 152 cm³/mol. The molecule has 5 rings (SSSR count). The summed E-state index contributed by atoms with van der Waals surface area (Å²) in [7, 11) is 0. The van der Waals surface area contributed by atoms with Crippen LogP contribution in [0.4, 0.5) is 17.6 Å². The molecule has 3 nitrogen and oxygen atoms in total. The van der Waals surface area contributed by atoms with Crippen LogP contribution in [-0.2, 0) is 6.42 Å². The van der Waals surface area contributed by atoms with E-state index >= 15 is 8.78 Å². The number of fused-ring (bicyclic) bond motifs is 1. The van der Waals surface area contributed by atoms with Crippen molar-refractivity contribution < 1.29 is 27.5 Å². The molecular weight excluding hydrogens is 542 g/mol. The molecule has 0 radical (unpaired) electrons. The number of benzene rings is 3. The van der Waals surface area contributed by atoms with Crippen LogP contribution < -0.4 is 0 Å². The molecule has 2 aliphatic rings. The summed E-state index contributed by atoms with van der Waals surface area (Å²) in [6, 6.07) is 11.6. The number of carbonyl (C=O) groups is 1. The van der Waals surface area contributed by atoms with Gasteiger partial charge in [0.2, 0.25) is 0 Å². The molecule has 1 aliphatic carbocycles. The molecule has 1 N–H and O–H groups in total. The third-order valence-electron chi connectivity index (χ3n) is 7.49. The fraction of sp³-hybridized carbons (Fsp3) is 0.281. The maximum absolute atomic E-state index is 15.9. The van der Waals surface area contributed by atoms with Crippen molar-refractivity contribution in [3.8, 4) is 0 Å². The summed E-state index contributed by atoms with van der Waals surface area (Å²) in [4.78, 5) is 13.7. The number of rotatable bonds is 7. The second kappa shape index (κ2) is 12.4. The molecule has 3 aromatic rings. The highest BCUT2D eigenvalue weighted by atomic mass is 35.5. The van der Waals surface area contributed by atoms with Gasteiger partial charge in [-0.05, 0) is 108 Å². The largest absolute Gasteiger partial charge is 0.478 e. The lowest BCUT2D eigenvalue weighted by atomic mass is 9.85. The Hall–Kier alpha value is -3.42. The molecule has 210 valence electrons. The van der Waals surface area contributed by atoms with Gasteiger partial charge in [-0.25, -0.2) is 18.0 Å². The van der Waals surface area contributed by atoms with E-state index in [2.05, 4.69) is 0 Å². The number of hydrogen-bond acceptors (Lipinski definition) is 2. The average Bonchev–Trinajstić information content (AvgIpc) is 3.06. The van der Waals surface area contributed by atoms with Crippen LogP contribution in [0, 0.1) is 24.4 Å². The number of hydrogen-bond donors (Lipinski definition) is 1. The second-order valence-corrected chi connectivity index (χ2v) is 10.3. The summed E-state index contributed by atoms with van der Waals surface area (Å²) < 4.78 is 57.7. The van der Waals surface area contributed by atoms with Crippen molar-refractivity contribution in [2.24, 2.45) is 0 Å². The monoisotopic (exact) mass is 571 g/mol. The molecular formula is C32H30ClF4NO2. The lowest BCUT2D eigenvalue weighted by Crippen LogP contribution is -2.40. The minimum Gasteiger partial charge on any atom is -0.478 e. The lowest BCUT2D eigenvalue weighted by Gasteiger charge is -2.33. The van der Waals surface area contributed by atoms with Gasteiger partial charge in [0, 0.05) is 30.8 Å². The number of nitrogens with zero attached hydrogens (tertiary/aromatic N) is 1. The molecule has 0 saturated carbocycles. The number of likely N-dealkylation sites (tertiary alicyclic amines) is 1. The van der Waals surface area contributed by atoms with Crippen molar-refractivity contribution >= 4 is 35.6 Å². The van der Waals surface area contributed by atoms with Gasteiger partial charge in [-0.2, -0.15) is 0 Å². The number of carboxylic acids is 1. The quantitative estimate of drug-likeness (QED) is 0.293. The normalized spacial score (nSPS) is 15.2. The third kappa shape index (κ3) is 6.01. The van der Waals surface area contributed by atoms with Crippen molar-refractivity contribution in [1.29, 1.82) is 0 Å². The van der Waals surface area contributed by atoms with Gasteiger partial charge in [0.1, 0.15) is 17.5 Å². The van der Waals surface area contributed by atoms with E-state index in [9.17, 15) is 18.7 Å². The van der Waals surface area contributed by atoms with Gasteiger partial charge in [-0.15, -0.1) is 12.4 Å². The van der Waals surface area contributed by atoms with E-state index in [0.29, 0.717) is 62.0 Å². The summed E-state index contributed by atoms with van der Waals surface area (Å²) in [5.74, 6) is -2.61. The molecule has 3 aromatic carbocycles.